The predicted molar refractivity (Wildman–Crippen MR) is 76.8 cm³/mol. The molecule has 0 spiro atoms. The number of Topliss-reactive ketones (excluding diaryl/α,β-unsaturated/α-hetero) is 1. The molecule has 0 bridgehead atoms. The third kappa shape index (κ3) is 3.63. The monoisotopic (exact) mass is 279 g/mol. The number of carbonyl (C=O) groups excluding carboxylic acids is 1. The number of ketones is 1. The quantitative estimate of drug-likeness (QED) is 0.744. The summed E-state index contributed by atoms with van der Waals surface area (Å²) in [4.78, 5) is 13.5. The van der Waals surface area contributed by atoms with Crippen molar-refractivity contribution in [3.05, 3.63) is 18.2 Å². The van der Waals surface area contributed by atoms with Crippen LogP contribution in [0.2, 0.25) is 0 Å². The Morgan fingerprint density at radius 3 is 2.50 bits per heavy atom. The van der Waals surface area contributed by atoms with Crippen LogP contribution in [-0.4, -0.2) is 46.3 Å². The van der Waals surface area contributed by atoms with E-state index < -0.39 is 0 Å². The zero-order valence-corrected chi connectivity index (χ0v) is 12.1. The lowest BCUT2D eigenvalue weighted by Gasteiger charge is -2.28. The maximum absolute atomic E-state index is 11.3. The molecule has 0 aromatic heterocycles. The van der Waals surface area contributed by atoms with Crippen LogP contribution < -0.4 is 14.4 Å². The zero-order chi connectivity index (χ0) is 14.4. The van der Waals surface area contributed by atoms with Gasteiger partial charge in [0.05, 0.1) is 13.7 Å². The van der Waals surface area contributed by atoms with Gasteiger partial charge in [-0.05, 0) is 12.1 Å². The summed E-state index contributed by atoms with van der Waals surface area (Å²) in [7, 11) is 3.26. The van der Waals surface area contributed by atoms with E-state index in [1.807, 2.05) is 18.2 Å². The Kier molecular flexibility index (Phi) is 5.24. The summed E-state index contributed by atoms with van der Waals surface area (Å²) in [5.74, 6) is 1.75. The van der Waals surface area contributed by atoms with E-state index in [0.717, 1.165) is 18.8 Å². The Morgan fingerprint density at radius 1 is 1.10 bits per heavy atom. The maximum atomic E-state index is 11.3. The van der Waals surface area contributed by atoms with Crippen LogP contribution in [-0.2, 0) is 9.53 Å². The van der Waals surface area contributed by atoms with Crippen LogP contribution in [0.25, 0.3) is 0 Å². The Hall–Kier alpha value is -1.75. The van der Waals surface area contributed by atoms with Crippen molar-refractivity contribution in [3.8, 4) is 11.5 Å². The molecule has 1 saturated heterocycles. The van der Waals surface area contributed by atoms with Crippen LogP contribution in [0.5, 0.6) is 11.5 Å². The van der Waals surface area contributed by atoms with Crippen molar-refractivity contribution in [1.82, 2.24) is 0 Å². The summed E-state index contributed by atoms with van der Waals surface area (Å²) in [5, 5.41) is 0. The van der Waals surface area contributed by atoms with E-state index in [9.17, 15) is 4.79 Å². The highest BCUT2D eigenvalue weighted by atomic mass is 16.5. The number of hydrogen-bond acceptors (Lipinski definition) is 5. The molecule has 1 aromatic carbocycles. The van der Waals surface area contributed by atoms with Crippen LogP contribution in [0.15, 0.2) is 18.2 Å². The lowest BCUT2D eigenvalue weighted by molar-refractivity contribution is -0.119. The summed E-state index contributed by atoms with van der Waals surface area (Å²) in [6, 6.07) is 5.86. The molecule has 1 aliphatic heterocycles. The number of ether oxygens (including phenoxy) is 3. The Labute approximate surface area is 119 Å². The molecule has 2 rings (SSSR count). The molecule has 0 saturated carbocycles. The van der Waals surface area contributed by atoms with E-state index in [2.05, 4.69) is 4.90 Å². The van der Waals surface area contributed by atoms with E-state index in [1.54, 1.807) is 14.2 Å². The van der Waals surface area contributed by atoms with Crippen molar-refractivity contribution in [1.29, 1.82) is 0 Å². The average Bonchev–Trinajstić information content (AvgIpc) is 2.48. The number of carbonyl (C=O) groups is 1. The van der Waals surface area contributed by atoms with Gasteiger partial charge in [0.2, 0.25) is 0 Å². The first-order chi connectivity index (χ1) is 9.74. The molecule has 5 heteroatoms. The van der Waals surface area contributed by atoms with Crippen LogP contribution >= 0.6 is 0 Å². The van der Waals surface area contributed by atoms with Crippen LogP contribution in [0, 0.1) is 0 Å². The summed E-state index contributed by atoms with van der Waals surface area (Å²) in [6.45, 7) is 2.55. The van der Waals surface area contributed by atoms with Crippen molar-refractivity contribution >= 4 is 11.5 Å². The van der Waals surface area contributed by atoms with Gasteiger partial charge in [0.15, 0.2) is 11.5 Å². The number of hydrogen-bond donors (Lipinski definition) is 0. The zero-order valence-electron chi connectivity index (χ0n) is 12.1. The fourth-order valence-corrected chi connectivity index (χ4v) is 2.22. The molecule has 1 aromatic rings. The van der Waals surface area contributed by atoms with Gasteiger partial charge in [-0.3, -0.25) is 4.79 Å². The minimum absolute atomic E-state index is 0.339. The number of piperidine rings is 1. The Balaban J connectivity index is 2.09. The molecule has 1 fully saturated rings. The Morgan fingerprint density at radius 2 is 1.85 bits per heavy atom. The largest absolute Gasteiger partial charge is 0.493 e. The molecular weight excluding hydrogens is 258 g/mol. The van der Waals surface area contributed by atoms with Gasteiger partial charge in [-0.2, -0.15) is 0 Å². The van der Waals surface area contributed by atoms with Gasteiger partial charge in [-0.25, -0.2) is 0 Å². The molecule has 110 valence electrons. The maximum Gasteiger partial charge on any atom is 0.163 e. The average molecular weight is 279 g/mol. The summed E-state index contributed by atoms with van der Waals surface area (Å²) >= 11 is 0. The molecule has 0 aliphatic carbocycles. The second-order valence-corrected chi connectivity index (χ2v) is 4.70. The van der Waals surface area contributed by atoms with Gasteiger partial charge >= 0.3 is 0 Å². The molecule has 0 unspecified atom stereocenters. The summed E-state index contributed by atoms with van der Waals surface area (Å²) in [5.41, 5.74) is 1.06. The molecule has 0 N–H and O–H groups in total. The van der Waals surface area contributed by atoms with E-state index in [4.69, 9.17) is 14.2 Å². The number of methoxy groups -OCH3 is 2. The molecule has 20 heavy (non-hydrogen) atoms. The smallest absolute Gasteiger partial charge is 0.163 e. The standard InChI is InChI=1S/C15H21NO4/c1-18-9-10-20-15-11-12(3-4-14(15)19-2)16-7-5-13(17)6-8-16/h3-4,11H,5-10H2,1-2H3. The number of rotatable bonds is 6. The first-order valence-electron chi connectivity index (χ1n) is 6.81. The topological polar surface area (TPSA) is 48.0 Å². The summed E-state index contributed by atoms with van der Waals surface area (Å²) < 4.78 is 16.0. The molecule has 0 radical (unpaired) electrons. The SMILES string of the molecule is COCCOc1cc(N2CCC(=O)CC2)ccc1OC. The van der Waals surface area contributed by atoms with Gasteiger partial charge < -0.3 is 19.1 Å². The number of benzene rings is 1. The van der Waals surface area contributed by atoms with Crippen molar-refractivity contribution in [2.75, 3.05) is 45.4 Å². The highest BCUT2D eigenvalue weighted by Crippen LogP contribution is 2.32. The first kappa shape index (κ1) is 14.7. The van der Waals surface area contributed by atoms with Crippen molar-refractivity contribution in [2.24, 2.45) is 0 Å². The lowest BCUT2D eigenvalue weighted by atomic mass is 10.1. The molecule has 0 amide bonds. The normalized spacial score (nSPS) is 15.3. The van der Waals surface area contributed by atoms with Gasteiger partial charge in [0.1, 0.15) is 12.4 Å². The molecule has 0 atom stereocenters. The third-order valence-corrected chi connectivity index (χ3v) is 3.38. The van der Waals surface area contributed by atoms with Gasteiger partial charge in [0.25, 0.3) is 0 Å². The van der Waals surface area contributed by atoms with Crippen LogP contribution in [0.3, 0.4) is 0 Å². The minimum atomic E-state index is 0.339. The van der Waals surface area contributed by atoms with Gasteiger partial charge in [0, 0.05) is 44.8 Å². The molecule has 5 nitrogen and oxygen atoms in total. The van der Waals surface area contributed by atoms with Crippen LogP contribution in [0.1, 0.15) is 12.8 Å². The molecular formula is C15H21NO4. The number of anilines is 1. The first-order valence-corrected chi connectivity index (χ1v) is 6.81. The predicted octanol–water partition coefficient (Wildman–Crippen LogP) is 1.89. The van der Waals surface area contributed by atoms with E-state index in [0.29, 0.717) is 43.3 Å². The second-order valence-electron chi connectivity index (χ2n) is 4.70. The highest BCUT2D eigenvalue weighted by molar-refractivity contribution is 5.81. The van der Waals surface area contributed by atoms with Crippen molar-refractivity contribution in [3.63, 3.8) is 0 Å². The number of nitrogens with zero attached hydrogens (tertiary/aromatic N) is 1. The minimum Gasteiger partial charge on any atom is -0.493 e. The second kappa shape index (κ2) is 7.14. The fourth-order valence-electron chi connectivity index (χ4n) is 2.22. The highest BCUT2D eigenvalue weighted by Gasteiger charge is 2.17. The Bertz CT molecular complexity index is 451. The van der Waals surface area contributed by atoms with E-state index >= 15 is 0 Å². The van der Waals surface area contributed by atoms with Crippen molar-refractivity contribution < 1.29 is 19.0 Å². The molecule has 1 aliphatic rings. The van der Waals surface area contributed by atoms with Gasteiger partial charge in [-0.1, -0.05) is 0 Å². The van der Waals surface area contributed by atoms with Crippen LogP contribution in [0.4, 0.5) is 5.69 Å². The third-order valence-electron chi connectivity index (χ3n) is 3.38. The molecule has 1 heterocycles. The van der Waals surface area contributed by atoms with Gasteiger partial charge in [-0.15, -0.1) is 0 Å². The van der Waals surface area contributed by atoms with E-state index in [1.165, 1.54) is 0 Å². The van der Waals surface area contributed by atoms with Crippen molar-refractivity contribution in [2.45, 2.75) is 12.8 Å². The van der Waals surface area contributed by atoms with E-state index in [-0.39, 0.29) is 0 Å². The lowest BCUT2D eigenvalue weighted by Crippen LogP contribution is -2.33. The summed E-state index contributed by atoms with van der Waals surface area (Å²) in [6.07, 6.45) is 1.23. The fraction of sp³-hybridized carbons (Fsp3) is 0.533.